The number of rotatable bonds is 7. The number of nitro groups is 1. The molecule has 0 fully saturated rings. The molecule has 2 N–H and O–H groups in total. The molecule has 2 aromatic carbocycles. The highest BCUT2D eigenvalue weighted by molar-refractivity contribution is 6.30. The smallest absolute Gasteiger partial charge is 0.271 e. The van der Waals surface area contributed by atoms with Crippen molar-refractivity contribution in [2.24, 2.45) is 0 Å². The van der Waals surface area contributed by atoms with Crippen molar-refractivity contribution in [3.05, 3.63) is 63.2 Å². The summed E-state index contributed by atoms with van der Waals surface area (Å²) in [6.45, 7) is 1.96. The molecule has 0 spiro atoms. The maximum atomic E-state index is 12.1. The Balaban J connectivity index is 1.99. The summed E-state index contributed by atoms with van der Waals surface area (Å²) < 4.78 is 5.12. The molecule has 0 bridgehead atoms. The van der Waals surface area contributed by atoms with Gasteiger partial charge >= 0.3 is 0 Å². The van der Waals surface area contributed by atoms with E-state index in [0.717, 1.165) is 5.56 Å². The molecule has 0 unspecified atom stereocenters. The number of amides is 1. The standard InChI is InChI=1S/C17H18ClN3O4/c1-11(12-3-5-13(18)6-4-12)19-10-17(22)20-15-9-14(21(23)24)7-8-16(15)25-2/h3-9,11,19H,10H2,1-2H3,(H,20,22)/t11-/m1/s1. The highest BCUT2D eigenvalue weighted by Gasteiger charge is 2.14. The van der Waals surface area contributed by atoms with Crippen molar-refractivity contribution in [3.63, 3.8) is 0 Å². The number of methoxy groups -OCH3 is 1. The summed E-state index contributed by atoms with van der Waals surface area (Å²) in [4.78, 5) is 22.5. The lowest BCUT2D eigenvalue weighted by molar-refractivity contribution is -0.384. The molecule has 1 atom stereocenters. The van der Waals surface area contributed by atoms with Gasteiger partial charge in [-0.3, -0.25) is 14.9 Å². The van der Waals surface area contributed by atoms with Crippen molar-refractivity contribution in [1.82, 2.24) is 5.32 Å². The normalized spacial score (nSPS) is 11.6. The predicted molar refractivity (Wildman–Crippen MR) is 96.1 cm³/mol. The molecule has 132 valence electrons. The molecule has 0 aliphatic heterocycles. The van der Waals surface area contributed by atoms with Gasteiger partial charge in [0.2, 0.25) is 5.91 Å². The summed E-state index contributed by atoms with van der Waals surface area (Å²) in [7, 11) is 1.43. The van der Waals surface area contributed by atoms with Gasteiger partial charge in [0.25, 0.3) is 5.69 Å². The molecule has 0 aromatic heterocycles. The van der Waals surface area contributed by atoms with E-state index in [1.54, 1.807) is 12.1 Å². The van der Waals surface area contributed by atoms with E-state index in [1.165, 1.54) is 25.3 Å². The van der Waals surface area contributed by atoms with Crippen molar-refractivity contribution in [1.29, 1.82) is 0 Å². The zero-order valence-corrected chi connectivity index (χ0v) is 14.5. The van der Waals surface area contributed by atoms with Crippen LogP contribution in [0.1, 0.15) is 18.5 Å². The molecule has 7 nitrogen and oxygen atoms in total. The molecule has 8 heteroatoms. The van der Waals surface area contributed by atoms with Crippen molar-refractivity contribution < 1.29 is 14.5 Å². The molecule has 1 amide bonds. The van der Waals surface area contributed by atoms with E-state index in [1.807, 2.05) is 19.1 Å². The van der Waals surface area contributed by atoms with Gasteiger partial charge in [-0.25, -0.2) is 0 Å². The zero-order chi connectivity index (χ0) is 18.4. The van der Waals surface area contributed by atoms with E-state index in [4.69, 9.17) is 16.3 Å². The van der Waals surface area contributed by atoms with Gasteiger partial charge < -0.3 is 15.4 Å². The fourth-order valence-corrected chi connectivity index (χ4v) is 2.34. The number of non-ortho nitro benzene ring substituents is 1. The fourth-order valence-electron chi connectivity index (χ4n) is 2.22. The highest BCUT2D eigenvalue weighted by Crippen LogP contribution is 2.28. The van der Waals surface area contributed by atoms with Gasteiger partial charge in [-0.15, -0.1) is 0 Å². The molecule has 0 saturated carbocycles. The van der Waals surface area contributed by atoms with Gasteiger partial charge in [-0.2, -0.15) is 0 Å². The van der Waals surface area contributed by atoms with Gasteiger partial charge in [0.15, 0.2) is 0 Å². The highest BCUT2D eigenvalue weighted by atomic mass is 35.5. The summed E-state index contributed by atoms with van der Waals surface area (Å²) in [5.41, 5.74) is 1.12. The number of benzene rings is 2. The molecular formula is C17H18ClN3O4. The third kappa shape index (κ3) is 5.17. The lowest BCUT2D eigenvalue weighted by Gasteiger charge is -2.15. The first-order chi connectivity index (χ1) is 11.9. The van der Waals surface area contributed by atoms with E-state index >= 15 is 0 Å². The second kappa shape index (κ2) is 8.46. The molecule has 0 aliphatic rings. The monoisotopic (exact) mass is 363 g/mol. The minimum Gasteiger partial charge on any atom is -0.495 e. The lowest BCUT2D eigenvalue weighted by Crippen LogP contribution is -2.30. The Labute approximate surface area is 150 Å². The Kier molecular flexibility index (Phi) is 6.32. The first kappa shape index (κ1) is 18.7. The Hall–Kier alpha value is -2.64. The number of carbonyl (C=O) groups is 1. The number of hydrogen-bond acceptors (Lipinski definition) is 5. The number of carbonyl (C=O) groups excluding carboxylic acids is 1. The summed E-state index contributed by atoms with van der Waals surface area (Å²) in [6.07, 6.45) is 0. The van der Waals surface area contributed by atoms with E-state index in [-0.39, 0.29) is 29.9 Å². The molecule has 0 aliphatic carbocycles. The van der Waals surface area contributed by atoms with Crippen molar-refractivity contribution in [3.8, 4) is 5.75 Å². The van der Waals surface area contributed by atoms with E-state index < -0.39 is 4.92 Å². The second-order valence-electron chi connectivity index (χ2n) is 5.34. The van der Waals surface area contributed by atoms with Crippen molar-refractivity contribution >= 4 is 28.9 Å². The molecule has 0 saturated heterocycles. The second-order valence-corrected chi connectivity index (χ2v) is 5.78. The van der Waals surface area contributed by atoms with Gasteiger partial charge in [0, 0.05) is 23.2 Å². The number of nitrogens with zero attached hydrogens (tertiary/aromatic N) is 1. The van der Waals surface area contributed by atoms with Crippen LogP contribution in [0.25, 0.3) is 0 Å². The third-order valence-corrected chi connectivity index (χ3v) is 3.86. The number of ether oxygens (including phenoxy) is 1. The number of halogens is 1. The minimum absolute atomic E-state index is 0.0373. The number of nitrogens with one attached hydrogen (secondary N) is 2. The lowest BCUT2D eigenvalue weighted by atomic mass is 10.1. The minimum atomic E-state index is -0.532. The zero-order valence-electron chi connectivity index (χ0n) is 13.8. The van der Waals surface area contributed by atoms with Crippen molar-refractivity contribution in [2.45, 2.75) is 13.0 Å². The van der Waals surface area contributed by atoms with Crippen LogP contribution >= 0.6 is 11.6 Å². The van der Waals surface area contributed by atoms with Crippen LogP contribution in [0.4, 0.5) is 11.4 Å². The SMILES string of the molecule is COc1ccc([N+](=O)[O-])cc1NC(=O)CN[C@H](C)c1ccc(Cl)cc1. The number of nitro benzene ring substituents is 1. The fraction of sp³-hybridized carbons (Fsp3) is 0.235. The third-order valence-electron chi connectivity index (χ3n) is 3.61. The van der Waals surface area contributed by atoms with Gasteiger partial charge in [-0.1, -0.05) is 23.7 Å². The molecule has 25 heavy (non-hydrogen) atoms. The summed E-state index contributed by atoms with van der Waals surface area (Å²) >= 11 is 5.85. The van der Waals surface area contributed by atoms with Crippen LogP contribution < -0.4 is 15.4 Å². The molecule has 0 radical (unpaired) electrons. The molecule has 2 aromatic rings. The van der Waals surface area contributed by atoms with Gasteiger partial charge in [0.1, 0.15) is 5.75 Å². The topological polar surface area (TPSA) is 93.5 Å². The Bertz CT molecular complexity index is 765. The summed E-state index contributed by atoms with van der Waals surface area (Å²) in [5, 5.41) is 17.2. The number of anilines is 1. The van der Waals surface area contributed by atoms with E-state index in [2.05, 4.69) is 10.6 Å². The van der Waals surface area contributed by atoms with Gasteiger partial charge in [-0.05, 0) is 30.7 Å². The maximum absolute atomic E-state index is 12.1. The van der Waals surface area contributed by atoms with Crippen LogP contribution in [-0.2, 0) is 4.79 Å². The first-order valence-corrected chi connectivity index (χ1v) is 7.89. The van der Waals surface area contributed by atoms with Gasteiger partial charge in [0.05, 0.1) is 24.3 Å². The first-order valence-electron chi connectivity index (χ1n) is 7.52. The van der Waals surface area contributed by atoms with Crippen LogP contribution in [0.3, 0.4) is 0 Å². The Morgan fingerprint density at radius 3 is 2.56 bits per heavy atom. The van der Waals surface area contributed by atoms with Crippen LogP contribution in [0.15, 0.2) is 42.5 Å². The number of hydrogen-bond donors (Lipinski definition) is 2. The van der Waals surface area contributed by atoms with Crippen LogP contribution in [0.2, 0.25) is 5.02 Å². The van der Waals surface area contributed by atoms with Crippen LogP contribution in [0, 0.1) is 10.1 Å². The van der Waals surface area contributed by atoms with Crippen LogP contribution in [0.5, 0.6) is 5.75 Å². The summed E-state index contributed by atoms with van der Waals surface area (Å²) in [5.74, 6) is 0.0179. The quantitative estimate of drug-likeness (QED) is 0.579. The summed E-state index contributed by atoms with van der Waals surface area (Å²) in [6, 6.07) is 11.3. The molecule has 2 rings (SSSR count). The molecular weight excluding hydrogens is 346 g/mol. The maximum Gasteiger partial charge on any atom is 0.271 e. The Morgan fingerprint density at radius 1 is 1.28 bits per heavy atom. The average Bonchev–Trinajstić information content (AvgIpc) is 2.60. The molecule has 0 heterocycles. The van der Waals surface area contributed by atoms with E-state index in [0.29, 0.717) is 10.8 Å². The van der Waals surface area contributed by atoms with E-state index in [9.17, 15) is 14.9 Å². The Morgan fingerprint density at radius 2 is 1.96 bits per heavy atom. The average molecular weight is 364 g/mol. The predicted octanol–water partition coefficient (Wildman–Crippen LogP) is 3.55. The largest absolute Gasteiger partial charge is 0.495 e. The van der Waals surface area contributed by atoms with Crippen LogP contribution in [-0.4, -0.2) is 24.5 Å². The van der Waals surface area contributed by atoms with Crippen molar-refractivity contribution in [2.75, 3.05) is 19.0 Å².